The first-order valence-corrected chi connectivity index (χ1v) is 6.34. The number of aromatic nitrogens is 2. The molecule has 1 heterocycles. The summed E-state index contributed by atoms with van der Waals surface area (Å²) >= 11 is 0. The minimum Gasteiger partial charge on any atom is -0.365 e. The van der Waals surface area contributed by atoms with Crippen LogP contribution in [0.25, 0.3) is 0 Å². The molecular weight excluding hydrogens is 250 g/mol. The maximum absolute atomic E-state index is 9.07. The third kappa shape index (κ3) is 3.69. The third-order valence-corrected chi connectivity index (χ3v) is 2.48. The summed E-state index contributed by atoms with van der Waals surface area (Å²) in [6.07, 6.45) is 1.49. The molecule has 0 spiro atoms. The van der Waals surface area contributed by atoms with Gasteiger partial charge in [0.1, 0.15) is 24.0 Å². The van der Waals surface area contributed by atoms with E-state index < -0.39 is 0 Å². The van der Waals surface area contributed by atoms with Crippen molar-refractivity contribution in [1.29, 1.82) is 5.26 Å². The lowest BCUT2D eigenvalue weighted by molar-refractivity contribution is 0.630. The molecule has 0 saturated heterocycles. The molecule has 0 aliphatic heterocycles. The fraction of sp³-hybridized carbons (Fsp3) is 0.267. The molecule has 0 amide bonds. The minimum atomic E-state index is -0.0732. The van der Waals surface area contributed by atoms with E-state index >= 15 is 0 Å². The molecular formula is C15H17N5. The van der Waals surface area contributed by atoms with Gasteiger partial charge in [-0.25, -0.2) is 9.97 Å². The van der Waals surface area contributed by atoms with E-state index in [1.165, 1.54) is 6.33 Å². The van der Waals surface area contributed by atoms with Crippen LogP contribution in [0.1, 0.15) is 26.3 Å². The normalized spacial score (nSPS) is 10.7. The Morgan fingerprint density at radius 3 is 2.50 bits per heavy atom. The fourth-order valence-electron chi connectivity index (χ4n) is 1.71. The van der Waals surface area contributed by atoms with Crippen LogP contribution in [0.15, 0.2) is 36.7 Å². The number of para-hydroxylation sites is 1. The summed E-state index contributed by atoms with van der Waals surface area (Å²) in [5, 5.41) is 15.5. The van der Waals surface area contributed by atoms with Gasteiger partial charge < -0.3 is 10.6 Å². The lowest BCUT2D eigenvalue weighted by atomic mass is 10.1. The summed E-state index contributed by atoms with van der Waals surface area (Å²) in [5.74, 6) is 1.39. The Balaban J connectivity index is 2.22. The van der Waals surface area contributed by atoms with Crippen molar-refractivity contribution in [3.8, 4) is 6.07 Å². The van der Waals surface area contributed by atoms with E-state index in [1.54, 1.807) is 6.07 Å². The van der Waals surface area contributed by atoms with Gasteiger partial charge in [0.05, 0.1) is 11.3 Å². The highest BCUT2D eigenvalue weighted by Crippen LogP contribution is 2.20. The number of anilines is 3. The van der Waals surface area contributed by atoms with Gasteiger partial charge in [0, 0.05) is 11.6 Å². The van der Waals surface area contributed by atoms with Crippen molar-refractivity contribution in [3.63, 3.8) is 0 Å². The molecule has 102 valence electrons. The zero-order valence-corrected chi connectivity index (χ0v) is 11.8. The molecule has 0 unspecified atom stereocenters. The molecule has 5 heteroatoms. The van der Waals surface area contributed by atoms with Crippen LogP contribution < -0.4 is 10.6 Å². The standard InChI is InChI=1S/C15H17N5/c1-15(2,3)20-14-8-13(17-10-18-14)19-12-7-5-4-6-11(12)9-16/h4-8,10H,1-3H3,(H2,17,18,19,20). The Hall–Kier alpha value is -2.61. The van der Waals surface area contributed by atoms with E-state index in [0.29, 0.717) is 11.4 Å². The molecule has 0 fully saturated rings. The second-order valence-electron chi connectivity index (χ2n) is 5.45. The van der Waals surface area contributed by atoms with Crippen LogP contribution in [0.4, 0.5) is 17.3 Å². The molecule has 0 radical (unpaired) electrons. The highest BCUT2D eigenvalue weighted by atomic mass is 15.1. The maximum atomic E-state index is 9.07. The Labute approximate surface area is 118 Å². The largest absolute Gasteiger partial charge is 0.365 e. The molecule has 20 heavy (non-hydrogen) atoms. The maximum Gasteiger partial charge on any atom is 0.135 e. The number of rotatable bonds is 3. The summed E-state index contributed by atoms with van der Waals surface area (Å²) in [4.78, 5) is 8.35. The van der Waals surface area contributed by atoms with Gasteiger partial charge in [0.25, 0.3) is 0 Å². The molecule has 2 rings (SSSR count). The van der Waals surface area contributed by atoms with Crippen molar-refractivity contribution in [2.24, 2.45) is 0 Å². The van der Waals surface area contributed by atoms with Gasteiger partial charge >= 0.3 is 0 Å². The molecule has 2 aromatic rings. The zero-order chi connectivity index (χ0) is 14.6. The van der Waals surface area contributed by atoms with Crippen LogP contribution in [-0.4, -0.2) is 15.5 Å². The molecule has 0 atom stereocenters. The number of nitrogens with one attached hydrogen (secondary N) is 2. The summed E-state index contributed by atoms with van der Waals surface area (Å²) in [6.45, 7) is 6.19. The summed E-state index contributed by atoms with van der Waals surface area (Å²) < 4.78 is 0. The molecule has 2 N–H and O–H groups in total. The second kappa shape index (κ2) is 5.57. The molecule has 5 nitrogen and oxygen atoms in total. The van der Waals surface area contributed by atoms with Gasteiger partial charge in [-0.1, -0.05) is 12.1 Å². The minimum absolute atomic E-state index is 0.0732. The van der Waals surface area contributed by atoms with Crippen molar-refractivity contribution in [2.45, 2.75) is 26.3 Å². The monoisotopic (exact) mass is 267 g/mol. The predicted octanol–water partition coefficient (Wildman–Crippen LogP) is 3.30. The van der Waals surface area contributed by atoms with E-state index in [9.17, 15) is 0 Å². The third-order valence-electron chi connectivity index (χ3n) is 2.48. The van der Waals surface area contributed by atoms with Crippen LogP contribution >= 0.6 is 0 Å². The van der Waals surface area contributed by atoms with Crippen LogP contribution in [0, 0.1) is 11.3 Å². The highest BCUT2D eigenvalue weighted by molar-refractivity contribution is 5.65. The summed E-state index contributed by atoms with van der Waals surface area (Å²) in [7, 11) is 0. The number of nitriles is 1. The van der Waals surface area contributed by atoms with Gasteiger partial charge in [-0.15, -0.1) is 0 Å². The highest BCUT2D eigenvalue weighted by Gasteiger charge is 2.11. The zero-order valence-electron chi connectivity index (χ0n) is 11.8. The van der Waals surface area contributed by atoms with Crippen molar-refractivity contribution in [3.05, 3.63) is 42.2 Å². The smallest absolute Gasteiger partial charge is 0.135 e. The first-order chi connectivity index (χ1) is 9.48. The molecule has 0 aliphatic rings. The molecule has 1 aromatic heterocycles. The Bertz CT molecular complexity index is 637. The fourth-order valence-corrected chi connectivity index (χ4v) is 1.71. The van der Waals surface area contributed by atoms with Crippen molar-refractivity contribution >= 4 is 17.3 Å². The summed E-state index contributed by atoms with van der Waals surface area (Å²) in [6, 6.07) is 11.3. The molecule has 0 saturated carbocycles. The van der Waals surface area contributed by atoms with Crippen LogP contribution in [-0.2, 0) is 0 Å². The first-order valence-electron chi connectivity index (χ1n) is 6.34. The molecule has 0 aliphatic carbocycles. The lowest BCUT2D eigenvalue weighted by Crippen LogP contribution is -2.26. The summed E-state index contributed by atoms with van der Waals surface area (Å²) in [5.41, 5.74) is 1.24. The molecule has 0 bridgehead atoms. The van der Waals surface area contributed by atoms with E-state index in [1.807, 2.05) is 24.3 Å². The Morgan fingerprint density at radius 1 is 1.10 bits per heavy atom. The Morgan fingerprint density at radius 2 is 1.80 bits per heavy atom. The van der Waals surface area contributed by atoms with Crippen LogP contribution in [0.2, 0.25) is 0 Å². The number of benzene rings is 1. The first kappa shape index (κ1) is 13.8. The average molecular weight is 267 g/mol. The lowest BCUT2D eigenvalue weighted by Gasteiger charge is -2.21. The van der Waals surface area contributed by atoms with Gasteiger partial charge in [0.2, 0.25) is 0 Å². The van der Waals surface area contributed by atoms with Crippen molar-refractivity contribution < 1.29 is 0 Å². The van der Waals surface area contributed by atoms with Gasteiger partial charge in [-0.05, 0) is 32.9 Å². The number of nitrogens with zero attached hydrogens (tertiary/aromatic N) is 3. The van der Waals surface area contributed by atoms with E-state index in [-0.39, 0.29) is 5.54 Å². The average Bonchev–Trinajstić information content (AvgIpc) is 2.38. The van der Waals surface area contributed by atoms with Crippen molar-refractivity contribution in [1.82, 2.24) is 9.97 Å². The van der Waals surface area contributed by atoms with Crippen LogP contribution in [0.5, 0.6) is 0 Å². The number of hydrogen-bond donors (Lipinski definition) is 2. The predicted molar refractivity (Wildman–Crippen MR) is 79.8 cm³/mol. The second-order valence-corrected chi connectivity index (χ2v) is 5.45. The van der Waals surface area contributed by atoms with Crippen molar-refractivity contribution in [2.75, 3.05) is 10.6 Å². The van der Waals surface area contributed by atoms with Gasteiger partial charge in [-0.2, -0.15) is 5.26 Å². The van der Waals surface area contributed by atoms with Gasteiger partial charge in [0.15, 0.2) is 0 Å². The number of hydrogen-bond acceptors (Lipinski definition) is 5. The quantitative estimate of drug-likeness (QED) is 0.892. The van der Waals surface area contributed by atoms with Gasteiger partial charge in [-0.3, -0.25) is 0 Å². The van der Waals surface area contributed by atoms with E-state index in [0.717, 1.165) is 11.5 Å². The van der Waals surface area contributed by atoms with E-state index in [2.05, 4.69) is 47.4 Å². The molecule has 1 aromatic carbocycles. The van der Waals surface area contributed by atoms with E-state index in [4.69, 9.17) is 5.26 Å². The Kier molecular flexibility index (Phi) is 3.85. The van der Waals surface area contributed by atoms with Crippen LogP contribution in [0.3, 0.4) is 0 Å². The SMILES string of the molecule is CC(C)(C)Nc1cc(Nc2ccccc2C#N)ncn1. The topological polar surface area (TPSA) is 73.6 Å².